The molecular weight excluding hydrogens is 288 g/mol. The van der Waals surface area contributed by atoms with Gasteiger partial charge in [-0.05, 0) is 31.2 Å². The molecule has 0 unspecified atom stereocenters. The van der Waals surface area contributed by atoms with Crippen molar-refractivity contribution in [1.82, 2.24) is 4.90 Å². The van der Waals surface area contributed by atoms with Crippen LogP contribution in [0.4, 0.5) is 5.69 Å². The molecule has 116 valence electrons. The van der Waals surface area contributed by atoms with E-state index in [-0.39, 0.29) is 0 Å². The molecule has 0 radical (unpaired) electrons. The monoisotopic (exact) mass is 312 g/mol. The van der Waals surface area contributed by atoms with E-state index >= 15 is 0 Å². The number of hydrogen-bond donors (Lipinski definition) is 0. The van der Waals surface area contributed by atoms with Crippen LogP contribution in [0.2, 0.25) is 0 Å². The number of piperazine rings is 1. The second-order valence-corrected chi connectivity index (χ2v) is 6.99. The highest BCUT2D eigenvalue weighted by Gasteiger charge is 2.16. The van der Waals surface area contributed by atoms with E-state index in [9.17, 15) is 0 Å². The van der Waals surface area contributed by atoms with Crippen LogP contribution in [0.5, 0.6) is 0 Å². The Bertz CT molecular complexity index is 560. The summed E-state index contributed by atoms with van der Waals surface area (Å²) in [5.74, 6) is 1.18. The van der Waals surface area contributed by atoms with E-state index in [1.54, 1.807) is 0 Å². The first kappa shape index (κ1) is 15.4. The summed E-state index contributed by atoms with van der Waals surface area (Å²) >= 11 is 1.96. The Kier molecular flexibility index (Phi) is 5.41. The van der Waals surface area contributed by atoms with Crippen LogP contribution < -0.4 is 4.90 Å². The fraction of sp³-hybridized carbons (Fsp3) is 0.368. The Morgan fingerprint density at radius 1 is 0.864 bits per heavy atom. The van der Waals surface area contributed by atoms with Crippen LogP contribution in [0, 0.1) is 6.92 Å². The van der Waals surface area contributed by atoms with Crippen LogP contribution in [-0.4, -0.2) is 43.4 Å². The normalized spacial score (nSPS) is 16.0. The first-order chi connectivity index (χ1) is 10.8. The maximum absolute atomic E-state index is 2.58. The molecule has 3 rings (SSSR count). The Labute approximate surface area is 138 Å². The zero-order chi connectivity index (χ0) is 15.2. The van der Waals surface area contributed by atoms with Gasteiger partial charge in [-0.15, -0.1) is 11.8 Å². The second-order valence-electron chi connectivity index (χ2n) is 5.83. The van der Waals surface area contributed by atoms with Crippen molar-refractivity contribution in [2.24, 2.45) is 0 Å². The minimum Gasteiger partial charge on any atom is -0.369 e. The molecule has 0 bridgehead atoms. The van der Waals surface area contributed by atoms with Gasteiger partial charge < -0.3 is 4.90 Å². The smallest absolute Gasteiger partial charge is 0.0367 e. The van der Waals surface area contributed by atoms with Gasteiger partial charge in [0, 0.05) is 49.1 Å². The number of hydrogen-bond acceptors (Lipinski definition) is 3. The molecule has 2 nitrogen and oxygen atoms in total. The van der Waals surface area contributed by atoms with Gasteiger partial charge in [0.15, 0.2) is 0 Å². The zero-order valence-corrected chi connectivity index (χ0v) is 14.1. The van der Waals surface area contributed by atoms with Crippen molar-refractivity contribution in [3.63, 3.8) is 0 Å². The van der Waals surface area contributed by atoms with Gasteiger partial charge in [-0.3, -0.25) is 4.90 Å². The molecule has 0 saturated carbocycles. The highest BCUT2D eigenvalue weighted by Crippen LogP contribution is 2.19. The van der Waals surface area contributed by atoms with E-state index in [1.165, 1.54) is 41.5 Å². The molecule has 2 aromatic carbocycles. The van der Waals surface area contributed by atoms with Crippen LogP contribution >= 0.6 is 11.8 Å². The first-order valence-corrected chi connectivity index (χ1v) is 9.02. The average molecular weight is 312 g/mol. The van der Waals surface area contributed by atoms with Crippen LogP contribution in [0.15, 0.2) is 59.5 Å². The quantitative estimate of drug-likeness (QED) is 0.773. The van der Waals surface area contributed by atoms with Crippen LogP contribution in [0.1, 0.15) is 5.56 Å². The largest absolute Gasteiger partial charge is 0.369 e. The molecule has 0 amide bonds. The third kappa shape index (κ3) is 4.28. The Hall–Kier alpha value is -1.45. The summed E-state index contributed by atoms with van der Waals surface area (Å²) in [7, 11) is 0. The molecule has 1 aliphatic rings. The highest BCUT2D eigenvalue weighted by atomic mass is 32.2. The summed E-state index contributed by atoms with van der Waals surface area (Å²) < 4.78 is 0. The molecule has 22 heavy (non-hydrogen) atoms. The maximum Gasteiger partial charge on any atom is 0.0367 e. The fourth-order valence-corrected chi connectivity index (χ4v) is 3.73. The molecule has 1 saturated heterocycles. The van der Waals surface area contributed by atoms with Gasteiger partial charge in [0.25, 0.3) is 0 Å². The van der Waals surface area contributed by atoms with Crippen molar-refractivity contribution >= 4 is 17.4 Å². The predicted molar refractivity (Wildman–Crippen MR) is 97.0 cm³/mol. The minimum absolute atomic E-state index is 1.14. The summed E-state index contributed by atoms with van der Waals surface area (Å²) in [6, 6.07) is 19.6. The molecular formula is C19H24N2S. The molecule has 0 aliphatic carbocycles. The van der Waals surface area contributed by atoms with Crippen LogP contribution in [0.25, 0.3) is 0 Å². The number of anilines is 1. The molecule has 1 aliphatic heterocycles. The summed E-state index contributed by atoms with van der Waals surface area (Å²) in [6.07, 6.45) is 0. The van der Waals surface area contributed by atoms with Crippen molar-refractivity contribution in [2.45, 2.75) is 11.8 Å². The SMILES string of the molecule is Cc1ccc(N2CCN(CCSc3ccccc3)CC2)cc1. The zero-order valence-electron chi connectivity index (χ0n) is 13.2. The summed E-state index contributed by atoms with van der Waals surface area (Å²) in [5, 5.41) is 0. The van der Waals surface area contributed by atoms with E-state index in [4.69, 9.17) is 0 Å². The number of nitrogens with zero attached hydrogens (tertiary/aromatic N) is 2. The number of thioether (sulfide) groups is 1. The van der Waals surface area contributed by atoms with Crippen molar-refractivity contribution in [3.8, 4) is 0 Å². The lowest BCUT2D eigenvalue weighted by Gasteiger charge is -2.36. The van der Waals surface area contributed by atoms with Crippen LogP contribution in [0.3, 0.4) is 0 Å². The van der Waals surface area contributed by atoms with Crippen molar-refractivity contribution in [3.05, 3.63) is 60.2 Å². The maximum atomic E-state index is 2.58. The summed E-state index contributed by atoms with van der Waals surface area (Å²) in [5.41, 5.74) is 2.70. The minimum atomic E-state index is 1.14. The molecule has 0 N–H and O–H groups in total. The number of benzene rings is 2. The van der Waals surface area contributed by atoms with Crippen molar-refractivity contribution in [1.29, 1.82) is 0 Å². The van der Waals surface area contributed by atoms with E-state index in [0.717, 1.165) is 13.1 Å². The third-order valence-electron chi connectivity index (χ3n) is 4.19. The molecule has 0 spiro atoms. The van der Waals surface area contributed by atoms with Crippen LogP contribution in [-0.2, 0) is 0 Å². The Morgan fingerprint density at radius 3 is 2.23 bits per heavy atom. The van der Waals surface area contributed by atoms with E-state index in [1.807, 2.05) is 11.8 Å². The fourth-order valence-electron chi connectivity index (χ4n) is 2.79. The summed E-state index contributed by atoms with van der Waals surface area (Å²) in [6.45, 7) is 7.94. The summed E-state index contributed by atoms with van der Waals surface area (Å²) in [4.78, 5) is 6.46. The lowest BCUT2D eigenvalue weighted by Crippen LogP contribution is -2.47. The second kappa shape index (κ2) is 7.70. The molecule has 1 fully saturated rings. The van der Waals surface area contributed by atoms with E-state index in [2.05, 4.69) is 71.3 Å². The molecule has 0 aromatic heterocycles. The predicted octanol–water partition coefficient (Wildman–Crippen LogP) is 3.91. The average Bonchev–Trinajstić information content (AvgIpc) is 2.57. The standard InChI is InChI=1S/C19H24N2S/c1-17-7-9-18(10-8-17)21-13-11-20(12-14-21)15-16-22-19-5-3-2-4-6-19/h2-10H,11-16H2,1H3. The van der Waals surface area contributed by atoms with Gasteiger partial charge in [-0.1, -0.05) is 35.9 Å². The highest BCUT2D eigenvalue weighted by molar-refractivity contribution is 7.99. The topological polar surface area (TPSA) is 6.48 Å². The Balaban J connectivity index is 1.41. The van der Waals surface area contributed by atoms with E-state index in [0.29, 0.717) is 0 Å². The van der Waals surface area contributed by atoms with Gasteiger partial charge in [0.2, 0.25) is 0 Å². The lowest BCUT2D eigenvalue weighted by atomic mass is 10.2. The number of rotatable bonds is 5. The van der Waals surface area contributed by atoms with Gasteiger partial charge in [0.1, 0.15) is 0 Å². The third-order valence-corrected chi connectivity index (χ3v) is 5.18. The van der Waals surface area contributed by atoms with Gasteiger partial charge >= 0.3 is 0 Å². The number of aryl methyl sites for hydroxylation is 1. The van der Waals surface area contributed by atoms with Gasteiger partial charge in [-0.25, -0.2) is 0 Å². The van der Waals surface area contributed by atoms with Gasteiger partial charge in [-0.2, -0.15) is 0 Å². The molecule has 2 aromatic rings. The molecule has 3 heteroatoms. The lowest BCUT2D eigenvalue weighted by molar-refractivity contribution is 0.273. The Morgan fingerprint density at radius 2 is 1.55 bits per heavy atom. The molecule has 1 heterocycles. The van der Waals surface area contributed by atoms with Crippen molar-refractivity contribution < 1.29 is 0 Å². The van der Waals surface area contributed by atoms with Crippen molar-refractivity contribution in [2.75, 3.05) is 43.4 Å². The van der Waals surface area contributed by atoms with Gasteiger partial charge in [0.05, 0.1) is 0 Å². The first-order valence-electron chi connectivity index (χ1n) is 8.03. The van der Waals surface area contributed by atoms with E-state index < -0.39 is 0 Å². The molecule has 0 atom stereocenters.